The Morgan fingerprint density at radius 2 is 1.59 bits per heavy atom. The van der Waals surface area contributed by atoms with Crippen molar-refractivity contribution < 1.29 is 9.18 Å². The van der Waals surface area contributed by atoms with Crippen molar-refractivity contribution >= 4 is 11.6 Å². The molecule has 0 saturated carbocycles. The SMILES string of the molecule is O=C(CCN1CCc2ccccc2C1)N1CCN(c2ccccc2F)CC1. The third-order valence-corrected chi connectivity index (χ3v) is 5.68. The van der Waals surface area contributed by atoms with Crippen molar-refractivity contribution in [1.82, 2.24) is 9.80 Å². The second-order valence-corrected chi connectivity index (χ2v) is 7.36. The highest BCUT2D eigenvalue weighted by molar-refractivity contribution is 5.76. The van der Waals surface area contributed by atoms with Crippen LogP contribution in [0.15, 0.2) is 48.5 Å². The molecule has 0 atom stereocenters. The molecule has 0 spiro atoms. The number of hydrogen-bond donors (Lipinski definition) is 0. The normalized spacial score (nSPS) is 17.7. The number of rotatable bonds is 4. The summed E-state index contributed by atoms with van der Waals surface area (Å²) in [7, 11) is 0. The first-order chi connectivity index (χ1) is 13.2. The van der Waals surface area contributed by atoms with Crippen LogP contribution in [-0.4, -0.2) is 55.0 Å². The quantitative estimate of drug-likeness (QED) is 0.831. The van der Waals surface area contributed by atoms with Gasteiger partial charge in [-0.2, -0.15) is 0 Å². The molecule has 0 bridgehead atoms. The van der Waals surface area contributed by atoms with Gasteiger partial charge in [-0.3, -0.25) is 9.69 Å². The highest BCUT2D eigenvalue weighted by Crippen LogP contribution is 2.21. The van der Waals surface area contributed by atoms with E-state index >= 15 is 0 Å². The van der Waals surface area contributed by atoms with Gasteiger partial charge in [-0.05, 0) is 29.7 Å². The maximum atomic E-state index is 13.9. The molecule has 0 aromatic heterocycles. The molecule has 1 fully saturated rings. The predicted molar refractivity (Wildman–Crippen MR) is 105 cm³/mol. The van der Waals surface area contributed by atoms with E-state index in [2.05, 4.69) is 29.2 Å². The summed E-state index contributed by atoms with van der Waals surface area (Å²) in [5.41, 5.74) is 3.45. The van der Waals surface area contributed by atoms with Crippen molar-refractivity contribution in [2.45, 2.75) is 19.4 Å². The lowest BCUT2D eigenvalue weighted by atomic mass is 10.00. The summed E-state index contributed by atoms with van der Waals surface area (Å²) >= 11 is 0. The topological polar surface area (TPSA) is 26.8 Å². The number of para-hydroxylation sites is 1. The van der Waals surface area contributed by atoms with Gasteiger partial charge < -0.3 is 9.80 Å². The average molecular weight is 367 g/mol. The van der Waals surface area contributed by atoms with Gasteiger partial charge in [-0.1, -0.05) is 36.4 Å². The van der Waals surface area contributed by atoms with E-state index in [1.807, 2.05) is 15.9 Å². The van der Waals surface area contributed by atoms with E-state index < -0.39 is 0 Å². The summed E-state index contributed by atoms with van der Waals surface area (Å²) in [6.07, 6.45) is 1.62. The Morgan fingerprint density at radius 3 is 2.37 bits per heavy atom. The molecular weight excluding hydrogens is 341 g/mol. The summed E-state index contributed by atoms with van der Waals surface area (Å²) in [5, 5.41) is 0. The molecule has 0 aliphatic carbocycles. The number of carbonyl (C=O) groups is 1. The van der Waals surface area contributed by atoms with Crippen molar-refractivity contribution in [1.29, 1.82) is 0 Å². The second-order valence-electron chi connectivity index (χ2n) is 7.36. The van der Waals surface area contributed by atoms with Crippen LogP contribution < -0.4 is 4.90 Å². The molecule has 4 nitrogen and oxygen atoms in total. The number of fused-ring (bicyclic) bond motifs is 1. The zero-order valence-electron chi connectivity index (χ0n) is 15.6. The molecule has 1 amide bonds. The number of amides is 1. The van der Waals surface area contributed by atoms with Gasteiger partial charge >= 0.3 is 0 Å². The average Bonchev–Trinajstić information content (AvgIpc) is 2.72. The molecular formula is C22H26FN3O. The molecule has 0 radical (unpaired) electrons. The second kappa shape index (κ2) is 8.09. The first-order valence-electron chi connectivity index (χ1n) is 9.77. The van der Waals surface area contributed by atoms with Crippen molar-refractivity contribution in [2.75, 3.05) is 44.2 Å². The summed E-state index contributed by atoms with van der Waals surface area (Å²) in [5.74, 6) is 0.0182. The first-order valence-corrected chi connectivity index (χ1v) is 9.77. The molecule has 2 aromatic rings. The van der Waals surface area contributed by atoms with Crippen LogP contribution in [0.2, 0.25) is 0 Å². The first kappa shape index (κ1) is 18.0. The number of halogens is 1. The number of hydrogen-bond acceptors (Lipinski definition) is 3. The van der Waals surface area contributed by atoms with Gasteiger partial charge in [0.05, 0.1) is 5.69 Å². The molecule has 1 saturated heterocycles. The molecule has 142 valence electrons. The molecule has 2 aliphatic rings. The number of carbonyl (C=O) groups excluding carboxylic acids is 1. The van der Waals surface area contributed by atoms with E-state index in [1.165, 1.54) is 17.2 Å². The van der Waals surface area contributed by atoms with Crippen molar-refractivity contribution in [3.63, 3.8) is 0 Å². The van der Waals surface area contributed by atoms with Gasteiger partial charge in [0.2, 0.25) is 5.91 Å². The summed E-state index contributed by atoms with van der Waals surface area (Å²) in [4.78, 5) is 18.9. The number of nitrogens with zero attached hydrogens (tertiary/aromatic N) is 3. The number of piperazine rings is 1. The van der Waals surface area contributed by atoms with E-state index in [9.17, 15) is 9.18 Å². The van der Waals surface area contributed by atoms with E-state index in [4.69, 9.17) is 0 Å². The molecule has 2 heterocycles. The van der Waals surface area contributed by atoms with Gasteiger partial charge in [-0.15, -0.1) is 0 Å². The van der Waals surface area contributed by atoms with Crippen LogP contribution >= 0.6 is 0 Å². The predicted octanol–water partition coefficient (Wildman–Crippen LogP) is 2.92. The van der Waals surface area contributed by atoms with Crippen molar-refractivity contribution in [3.05, 3.63) is 65.5 Å². The van der Waals surface area contributed by atoms with E-state index in [0.717, 1.165) is 26.1 Å². The third kappa shape index (κ3) is 4.14. The van der Waals surface area contributed by atoms with Gasteiger partial charge in [0.15, 0.2) is 0 Å². The van der Waals surface area contributed by atoms with Gasteiger partial charge in [0, 0.05) is 52.2 Å². The lowest BCUT2D eigenvalue weighted by molar-refractivity contribution is -0.131. The zero-order chi connectivity index (χ0) is 18.6. The van der Waals surface area contributed by atoms with Crippen LogP contribution in [0.5, 0.6) is 0 Å². The standard InChI is InChI=1S/C22H26FN3O/c23-20-7-3-4-8-21(20)25-13-15-26(16-14-25)22(27)10-12-24-11-9-18-5-1-2-6-19(18)17-24/h1-8H,9-17H2. The Balaban J connectivity index is 1.25. The Kier molecular flexibility index (Phi) is 5.39. The Labute approximate surface area is 160 Å². The highest BCUT2D eigenvalue weighted by atomic mass is 19.1. The van der Waals surface area contributed by atoms with Crippen LogP contribution in [0, 0.1) is 5.82 Å². The van der Waals surface area contributed by atoms with Crippen LogP contribution in [0.3, 0.4) is 0 Å². The minimum absolute atomic E-state index is 0.192. The highest BCUT2D eigenvalue weighted by Gasteiger charge is 2.23. The monoisotopic (exact) mass is 367 g/mol. The molecule has 5 heteroatoms. The fourth-order valence-corrected chi connectivity index (χ4v) is 4.06. The van der Waals surface area contributed by atoms with Crippen LogP contribution in [0.1, 0.15) is 17.5 Å². The maximum absolute atomic E-state index is 13.9. The summed E-state index contributed by atoms with van der Waals surface area (Å²) in [6.45, 7) is 5.45. The van der Waals surface area contributed by atoms with E-state index in [-0.39, 0.29) is 11.7 Å². The van der Waals surface area contributed by atoms with Crippen LogP contribution in [-0.2, 0) is 17.8 Å². The van der Waals surface area contributed by atoms with Gasteiger partial charge in [0.25, 0.3) is 0 Å². The minimum atomic E-state index is -0.192. The summed E-state index contributed by atoms with van der Waals surface area (Å²) in [6, 6.07) is 15.4. The molecule has 0 N–H and O–H groups in total. The smallest absolute Gasteiger partial charge is 0.223 e. The zero-order valence-corrected chi connectivity index (χ0v) is 15.6. The lowest BCUT2D eigenvalue weighted by Gasteiger charge is -2.36. The fraction of sp³-hybridized carbons (Fsp3) is 0.409. The molecule has 2 aliphatic heterocycles. The Morgan fingerprint density at radius 1 is 0.889 bits per heavy atom. The van der Waals surface area contributed by atoms with E-state index in [0.29, 0.717) is 38.3 Å². The molecule has 2 aromatic carbocycles. The van der Waals surface area contributed by atoms with Crippen molar-refractivity contribution in [2.24, 2.45) is 0 Å². The molecule has 0 unspecified atom stereocenters. The molecule has 27 heavy (non-hydrogen) atoms. The Bertz CT molecular complexity index is 802. The molecule has 4 rings (SSSR count). The largest absolute Gasteiger partial charge is 0.366 e. The minimum Gasteiger partial charge on any atom is -0.366 e. The maximum Gasteiger partial charge on any atom is 0.223 e. The fourth-order valence-electron chi connectivity index (χ4n) is 4.06. The van der Waals surface area contributed by atoms with Crippen LogP contribution in [0.25, 0.3) is 0 Å². The van der Waals surface area contributed by atoms with Crippen molar-refractivity contribution in [3.8, 4) is 0 Å². The lowest BCUT2D eigenvalue weighted by Crippen LogP contribution is -2.49. The Hall–Kier alpha value is -2.40. The van der Waals surface area contributed by atoms with Gasteiger partial charge in [0.1, 0.15) is 5.82 Å². The van der Waals surface area contributed by atoms with Crippen LogP contribution in [0.4, 0.5) is 10.1 Å². The van der Waals surface area contributed by atoms with E-state index in [1.54, 1.807) is 12.1 Å². The summed E-state index contributed by atoms with van der Waals surface area (Å²) < 4.78 is 13.9. The number of anilines is 1. The third-order valence-electron chi connectivity index (χ3n) is 5.68. The number of benzene rings is 2. The van der Waals surface area contributed by atoms with Gasteiger partial charge in [-0.25, -0.2) is 4.39 Å².